The van der Waals surface area contributed by atoms with Crippen LogP contribution < -0.4 is 5.32 Å². The number of aryl methyl sites for hydroxylation is 3. The number of rotatable bonds is 6. The average molecular weight is 306 g/mol. The monoisotopic (exact) mass is 305 g/mol. The van der Waals surface area contributed by atoms with Crippen molar-refractivity contribution in [2.24, 2.45) is 0 Å². The van der Waals surface area contributed by atoms with Crippen molar-refractivity contribution < 1.29 is 0 Å². The van der Waals surface area contributed by atoms with Gasteiger partial charge in [-0.25, -0.2) is 0 Å². The Bertz CT molecular complexity index is 587. The van der Waals surface area contributed by atoms with Crippen LogP contribution in [-0.2, 0) is 19.4 Å². The van der Waals surface area contributed by atoms with Crippen LogP contribution in [0.2, 0.25) is 5.02 Å². The predicted octanol–water partition coefficient (Wildman–Crippen LogP) is 3.93. The molecule has 0 radical (unpaired) electrons. The van der Waals surface area contributed by atoms with E-state index in [-0.39, 0.29) is 6.04 Å². The quantitative estimate of drug-likeness (QED) is 0.876. The van der Waals surface area contributed by atoms with Crippen molar-refractivity contribution in [1.29, 1.82) is 0 Å². The Hall–Kier alpha value is -1.32. The fraction of sp³-hybridized carbons (Fsp3) is 0.471. The van der Waals surface area contributed by atoms with E-state index in [0.29, 0.717) is 0 Å². The summed E-state index contributed by atoms with van der Waals surface area (Å²) in [7, 11) is 1.99. The highest BCUT2D eigenvalue weighted by molar-refractivity contribution is 6.31. The van der Waals surface area contributed by atoms with Crippen LogP contribution in [-0.4, -0.2) is 16.8 Å². The third-order valence-electron chi connectivity index (χ3n) is 3.92. The molecule has 1 N–H and O–H groups in total. The number of benzene rings is 1. The number of nitrogens with one attached hydrogen (secondary N) is 1. The van der Waals surface area contributed by atoms with Gasteiger partial charge in [0.1, 0.15) is 0 Å². The molecule has 4 heteroatoms. The molecule has 1 aromatic heterocycles. The van der Waals surface area contributed by atoms with Crippen molar-refractivity contribution in [3.8, 4) is 0 Å². The summed E-state index contributed by atoms with van der Waals surface area (Å²) in [6.45, 7) is 7.15. The molecule has 0 saturated heterocycles. The molecule has 0 spiro atoms. The normalized spacial score (nSPS) is 12.6. The molecule has 0 amide bonds. The van der Waals surface area contributed by atoms with Crippen molar-refractivity contribution in [3.05, 3.63) is 51.8 Å². The summed E-state index contributed by atoms with van der Waals surface area (Å²) in [5.41, 5.74) is 4.67. The maximum absolute atomic E-state index is 6.51. The molecule has 0 aliphatic rings. The van der Waals surface area contributed by atoms with Crippen LogP contribution in [0.5, 0.6) is 0 Å². The number of hydrogen-bond acceptors (Lipinski definition) is 2. The lowest BCUT2D eigenvalue weighted by Crippen LogP contribution is -2.20. The Morgan fingerprint density at radius 1 is 1.24 bits per heavy atom. The maximum atomic E-state index is 6.51. The Balaban J connectivity index is 2.30. The summed E-state index contributed by atoms with van der Waals surface area (Å²) in [5.74, 6) is 0. The first-order valence-electron chi connectivity index (χ1n) is 7.58. The lowest BCUT2D eigenvalue weighted by atomic mass is 10.0. The summed E-state index contributed by atoms with van der Waals surface area (Å²) in [6.07, 6.45) is 1.72. The first-order chi connectivity index (χ1) is 10.1. The summed E-state index contributed by atoms with van der Waals surface area (Å²) >= 11 is 6.51. The average Bonchev–Trinajstić information content (AvgIpc) is 2.81. The number of nitrogens with zero attached hydrogens (tertiary/aromatic N) is 2. The SMILES string of the molecule is CCc1nn(CC)c(CC(NC)c2ccc(C)cc2)c1Cl. The van der Waals surface area contributed by atoms with Gasteiger partial charge in [-0.15, -0.1) is 0 Å². The topological polar surface area (TPSA) is 29.9 Å². The standard InChI is InChI=1S/C17H24ClN3/c1-5-14-17(18)16(21(6-2)20-14)11-15(19-4)13-9-7-12(3)8-10-13/h7-10,15,19H,5-6,11H2,1-4H3. The van der Waals surface area contributed by atoms with Gasteiger partial charge >= 0.3 is 0 Å². The van der Waals surface area contributed by atoms with Crippen LogP contribution in [0.25, 0.3) is 0 Å². The van der Waals surface area contributed by atoms with E-state index in [1.807, 2.05) is 11.7 Å². The van der Waals surface area contributed by atoms with E-state index >= 15 is 0 Å². The molecule has 3 nitrogen and oxygen atoms in total. The number of hydrogen-bond donors (Lipinski definition) is 1. The first-order valence-corrected chi connectivity index (χ1v) is 7.96. The third kappa shape index (κ3) is 3.47. The molecule has 21 heavy (non-hydrogen) atoms. The molecule has 1 unspecified atom stereocenters. The highest BCUT2D eigenvalue weighted by Crippen LogP contribution is 2.27. The van der Waals surface area contributed by atoms with E-state index < -0.39 is 0 Å². The summed E-state index contributed by atoms with van der Waals surface area (Å²) in [4.78, 5) is 0. The molecule has 1 atom stereocenters. The number of halogens is 1. The Labute approximate surface area is 132 Å². The molecule has 114 valence electrons. The zero-order valence-corrected chi connectivity index (χ0v) is 14.0. The van der Waals surface area contributed by atoms with Gasteiger partial charge in [-0.05, 0) is 32.9 Å². The largest absolute Gasteiger partial charge is 0.313 e. The Morgan fingerprint density at radius 3 is 2.43 bits per heavy atom. The van der Waals surface area contributed by atoms with Gasteiger partial charge in [0, 0.05) is 19.0 Å². The Morgan fingerprint density at radius 2 is 1.90 bits per heavy atom. The second-order valence-corrected chi connectivity index (χ2v) is 5.71. The summed E-state index contributed by atoms with van der Waals surface area (Å²) in [6, 6.07) is 8.90. The molecule has 1 aromatic carbocycles. The predicted molar refractivity (Wildman–Crippen MR) is 89.0 cm³/mol. The fourth-order valence-electron chi connectivity index (χ4n) is 2.59. The fourth-order valence-corrected chi connectivity index (χ4v) is 2.94. The van der Waals surface area contributed by atoms with Crippen molar-refractivity contribution in [2.45, 2.75) is 46.2 Å². The van der Waals surface area contributed by atoms with E-state index in [2.05, 4.69) is 55.5 Å². The minimum atomic E-state index is 0.245. The van der Waals surface area contributed by atoms with E-state index in [1.165, 1.54) is 11.1 Å². The van der Waals surface area contributed by atoms with Gasteiger partial charge in [-0.3, -0.25) is 4.68 Å². The van der Waals surface area contributed by atoms with E-state index in [0.717, 1.165) is 35.8 Å². The molecule has 1 heterocycles. The second kappa shape index (κ2) is 7.10. The van der Waals surface area contributed by atoms with Crippen LogP contribution >= 0.6 is 11.6 Å². The maximum Gasteiger partial charge on any atom is 0.0850 e. The molecule has 0 aliphatic heterocycles. The van der Waals surface area contributed by atoms with Crippen molar-refractivity contribution in [2.75, 3.05) is 7.05 Å². The van der Waals surface area contributed by atoms with Crippen LogP contribution in [0, 0.1) is 6.92 Å². The molecule has 0 saturated carbocycles. The van der Waals surface area contributed by atoms with Crippen LogP contribution in [0.3, 0.4) is 0 Å². The van der Waals surface area contributed by atoms with E-state index in [9.17, 15) is 0 Å². The van der Waals surface area contributed by atoms with E-state index in [1.54, 1.807) is 0 Å². The molecular formula is C17H24ClN3. The van der Waals surface area contributed by atoms with Crippen molar-refractivity contribution in [1.82, 2.24) is 15.1 Å². The minimum Gasteiger partial charge on any atom is -0.313 e. The van der Waals surface area contributed by atoms with Crippen molar-refractivity contribution in [3.63, 3.8) is 0 Å². The molecule has 0 aliphatic carbocycles. The third-order valence-corrected chi connectivity index (χ3v) is 4.36. The van der Waals surface area contributed by atoms with Crippen LogP contribution in [0.4, 0.5) is 0 Å². The second-order valence-electron chi connectivity index (χ2n) is 5.33. The van der Waals surface area contributed by atoms with Crippen LogP contribution in [0.15, 0.2) is 24.3 Å². The zero-order valence-electron chi connectivity index (χ0n) is 13.3. The molecule has 2 rings (SSSR count). The van der Waals surface area contributed by atoms with Gasteiger partial charge in [0.15, 0.2) is 0 Å². The van der Waals surface area contributed by atoms with Crippen LogP contribution in [0.1, 0.15) is 42.4 Å². The van der Waals surface area contributed by atoms with Gasteiger partial charge in [0.25, 0.3) is 0 Å². The van der Waals surface area contributed by atoms with Gasteiger partial charge in [0.2, 0.25) is 0 Å². The highest BCUT2D eigenvalue weighted by atomic mass is 35.5. The first kappa shape index (κ1) is 16.1. The van der Waals surface area contributed by atoms with Gasteiger partial charge < -0.3 is 5.32 Å². The van der Waals surface area contributed by atoms with E-state index in [4.69, 9.17) is 11.6 Å². The summed E-state index contributed by atoms with van der Waals surface area (Å²) < 4.78 is 2.03. The smallest absolute Gasteiger partial charge is 0.0850 e. The van der Waals surface area contributed by atoms with Gasteiger partial charge in [0.05, 0.1) is 16.4 Å². The van der Waals surface area contributed by atoms with Crippen molar-refractivity contribution >= 4 is 11.6 Å². The van der Waals surface area contributed by atoms with Gasteiger partial charge in [-0.1, -0.05) is 48.4 Å². The minimum absolute atomic E-state index is 0.245. The molecular weight excluding hydrogens is 282 g/mol. The Kier molecular flexibility index (Phi) is 5.43. The molecule has 0 fully saturated rings. The zero-order chi connectivity index (χ0) is 15.4. The highest BCUT2D eigenvalue weighted by Gasteiger charge is 2.19. The lowest BCUT2D eigenvalue weighted by molar-refractivity contribution is 0.540. The molecule has 0 bridgehead atoms. The number of likely N-dealkylation sites (N-methyl/N-ethyl adjacent to an activating group) is 1. The molecule has 2 aromatic rings. The number of aromatic nitrogens is 2. The lowest BCUT2D eigenvalue weighted by Gasteiger charge is -2.18. The summed E-state index contributed by atoms with van der Waals surface area (Å²) in [5, 5.41) is 8.82. The van der Waals surface area contributed by atoms with Gasteiger partial charge in [-0.2, -0.15) is 5.10 Å².